The molecule has 0 spiro atoms. The summed E-state index contributed by atoms with van der Waals surface area (Å²) in [5.41, 5.74) is 1.99. The lowest BCUT2D eigenvalue weighted by molar-refractivity contribution is -0.119. The molecular formula is C19H12FN3O3S. The van der Waals surface area contributed by atoms with Crippen LogP contribution in [0.15, 0.2) is 53.9 Å². The molecular weight excluding hydrogens is 369 g/mol. The highest BCUT2D eigenvalue weighted by Gasteiger charge is 2.12. The number of esters is 1. The van der Waals surface area contributed by atoms with Gasteiger partial charge in [-0.1, -0.05) is 0 Å². The Morgan fingerprint density at radius 3 is 2.52 bits per heavy atom. The third-order valence-corrected chi connectivity index (χ3v) is 4.23. The van der Waals surface area contributed by atoms with Gasteiger partial charge >= 0.3 is 5.97 Å². The zero-order valence-corrected chi connectivity index (χ0v) is 14.6. The van der Waals surface area contributed by atoms with Crippen LogP contribution >= 0.6 is 11.3 Å². The summed E-state index contributed by atoms with van der Waals surface area (Å²) in [5, 5.41) is 13.3. The highest BCUT2D eigenvalue weighted by molar-refractivity contribution is 7.14. The fraction of sp³-hybridized carbons (Fsp3) is 0.0526. The molecule has 0 saturated carbocycles. The van der Waals surface area contributed by atoms with Crippen molar-refractivity contribution in [3.8, 4) is 17.3 Å². The summed E-state index contributed by atoms with van der Waals surface area (Å²) in [6.45, 7) is -0.468. The number of benzene rings is 2. The number of ether oxygens (including phenoxy) is 1. The maximum absolute atomic E-state index is 13.0. The summed E-state index contributed by atoms with van der Waals surface area (Å²) in [6, 6.07) is 13.7. The van der Waals surface area contributed by atoms with E-state index in [9.17, 15) is 14.0 Å². The minimum Gasteiger partial charge on any atom is -0.452 e. The van der Waals surface area contributed by atoms with Crippen molar-refractivity contribution < 1.29 is 18.7 Å². The first-order chi connectivity index (χ1) is 13.0. The van der Waals surface area contributed by atoms with Crippen molar-refractivity contribution in [1.29, 1.82) is 5.26 Å². The first-order valence-corrected chi connectivity index (χ1v) is 8.62. The molecule has 0 aliphatic heterocycles. The van der Waals surface area contributed by atoms with Gasteiger partial charge in [0.25, 0.3) is 5.91 Å². The van der Waals surface area contributed by atoms with E-state index in [1.54, 1.807) is 17.5 Å². The first-order valence-electron chi connectivity index (χ1n) is 7.74. The lowest BCUT2D eigenvalue weighted by Crippen LogP contribution is -2.20. The fourth-order valence-electron chi connectivity index (χ4n) is 2.14. The number of carbonyl (C=O) groups excluding carboxylic acids is 2. The minimum atomic E-state index is -0.666. The van der Waals surface area contributed by atoms with Crippen LogP contribution in [0, 0.1) is 17.1 Å². The average molecular weight is 381 g/mol. The number of carbonyl (C=O) groups is 2. The number of thiazole rings is 1. The standard InChI is InChI=1S/C19H12FN3O3S/c20-15-7-5-13(6-8-15)16-11-27-19(22-16)23-17(24)10-26-18(25)14-3-1-12(9-21)2-4-14/h1-8,11H,10H2,(H,22,23,24). The smallest absolute Gasteiger partial charge is 0.338 e. The van der Waals surface area contributed by atoms with Gasteiger partial charge < -0.3 is 4.74 Å². The van der Waals surface area contributed by atoms with Gasteiger partial charge in [0.2, 0.25) is 0 Å². The summed E-state index contributed by atoms with van der Waals surface area (Å²) in [5.74, 6) is -1.54. The van der Waals surface area contributed by atoms with E-state index in [0.717, 1.165) is 5.56 Å². The van der Waals surface area contributed by atoms with Crippen LogP contribution in [0.1, 0.15) is 15.9 Å². The van der Waals surface area contributed by atoms with Gasteiger partial charge in [0, 0.05) is 10.9 Å². The summed E-state index contributed by atoms with van der Waals surface area (Å²) in [6.07, 6.45) is 0. The molecule has 0 bridgehead atoms. The third kappa shape index (κ3) is 4.74. The van der Waals surface area contributed by atoms with Gasteiger partial charge in [0.15, 0.2) is 11.7 Å². The number of hydrogen-bond acceptors (Lipinski definition) is 6. The monoisotopic (exact) mass is 381 g/mol. The Hall–Kier alpha value is -3.57. The van der Waals surface area contributed by atoms with E-state index in [2.05, 4.69) is 10.3 Å². The number of nitrogens with one attached hydrogen (secondary N) is 1. The van der Waals surface area contributed by atoms with Crippen molar-refractivity contribution in [2.24, 2.45) is 0 Å². The van der Waals surface area contributed by atoms with Crippen molar-refractivity contribution >= 4 is 28.3 Å². The molecule has 0 unspecified atom stereocenters. The van der Waals surface area contributed by atoms with Crippen LogP contribution < -0.4 is 5.32 Å². The maximum Gasteiger partial charge on any atom is 0.338 e. The Morgan fingerprint density at radius 1 is 1.15 bits per heavy atom. The molecule has 1 heterocycles. The second-order valence-corrected chi connectivity index (χ2v) is 6.22. The molecule has 1 amide bonds. The molecule has 8 heteroatoms. The molecule has 6 nitrogen and oxygen atoms in total. The summed E-state index contributed by atoms with van der Waals surface area (Å²) in [7, 11) is 0. The van der Waals surface area contributed by atoms with Gasteiger partial charge in [-0.2, -0.15) is 5.26 Å². The number of anilines is 1. The van der Waals surface area contributed by atoms with Crippen LogP contribution in [0.5, 0.6) is 0 Å². The molecule has 0 fully saturated rings. The van der Waals surface area contributed by atoms with E-state index < -0.39 is 18.5 Å². The van der Waals surface area contributed by atoms with Crippen molar-refractivity contribution in [2.45, 2.75) is 0 Å². The van der Waals surface area contributed by atoms with Gasteiger partial charge in [-0.05, 0) is 48.5 Å². The Labute approximate surface area is 157 Å². The second kappa shape index (κ2) is 8.21. The Balaban J connectivity index is 1.54. The summed E-state index contributed by atoms with van der Waals surface area (Å²) in [4.78, 5) is 28.1. The number of halogens is 1. The minimum absolute atomic E-state index is 0.245. The SMILES string of the molecule is N#Cc1ccc(C(=O)OCC(=O)Nc2nc(-c3ccc(F)cc3)cs2)cc1. The molecule has 2 aromatic carbocycles. The van der Waals surface area contributed by atoms with E-state index >= 15 is 0 Å². The zero-order valence-electron chi connectivity index (χ0n) is 13.8. The molecule has 0 atom stereocenters. The van der Waals surface area contributed by atoms with Crippen LogP contribution in [-0.4, -0.2) is 23.5 Å². The maximum atomic E-state index is 13.0. The molecule has 0 radical (unpaired) electrons. The van der Waals surface area contributed by atoms with Gasteiger partial charge in [0.05, 0.1) is 22.9 Å². The highest BCUT2D eigenvalue weighted by atomic mass is 32.1. The molecule has 0 aliphatic rings. The average Bonchev–Trinajstić information content (AvgIpc) is 3.15. The Morgan fingerprint density at radius 2 is 1.85 bits per heavy atom. The molecule has 27 heavy (non-hydrogen) atoms. The van der Waals surface area contributed by atoms with E-state index in [1.807, 2.05) is 6.07 Å². The largest absolute Gasteiger partial charge is 0.452 e. The summed E-state index contributed by atoms with van der Waals surface area (Å²) < 4.78 is 17.9. The fourth-order valence-corrected chi connectivity index (χ4v) is 2.87. The van der Waals surface area contributed by atoms with E-state index in [0.29, 0.717) is 16.4 Å². The van der Waals surface area contributed by atoms with E-state index in [1.165, 1.54) is 47.7 Å². The van der Waals surface area contributed by atoms with Gasteiger partial charge in [-0.15, -0.1) is 11.3 Å². The normalized spacial score (nSPS) is 10.1. The van der Waals surface area contributed by atoms with Gasteiger partial charge in [0.1, 0.15) is 5.82 Å². The number of amides is 1. The van der Waals surface area contributed by atoms with Crippen LogP contribution in [0.4, 0.5) is 9.52 Å². The predicted octanol–water partition coefficient (Wildman–Crippen LogP) is 3.62. The Kier molecular flexibility index (Phi) is 5.54. The van der Waals surface area contributed by atoms with Crippen molar-refractivity contribution in [2.75, 3.05) is 11.9 Å². The molecule has 1 aromatic heterocycles. The van der Waals surface area contributed by atoms with Crippen LogP contribution in [0.25, 0.3) is 11.3 Å². The third-order valence-electron chi connectivity index (χ3n) is 3.47. The number of aromatic nitrogens is 1. The van der Waals surface area contributed by atoms with Crippen LogP contribution in [-0.2, 0) is 9.53 Å². The lowest BCUT2D eigenvalue weighted by atomic mass is 10.1. The number of nitriles is 1. The summed E-state index contributed by atoms with van der Waals surface area (Å²) >= 11 is 1.20. The van der Waals surface area contributed by atoms with Crippen molar-refractivity contribution in [3.63, 3.8) is 0 Å². The first kappa shape index (κ1) is 18.2. The molecule has 3 aromatic rings. The second-order valence-electron chi connectivity index (χ2n) is 5.36. The lowest BCUT2D eigenvalue weighted by Gasteiger charge is -2.04. The highest BCUT2D eigenvalue weighted by Crippen LogP contribution is 2.24. The topological polar surface area (TPSA) is 92.1 Å². The van der Waals surface area contributed by atoms with Gasteiger partial charge in [-0.3, -0.25) is 10.1 Å². The number of rotatable bonds is 5. The van der Waals surface area contributed by atoms with Crippen molar-refractivity contribution in [3.05, 3.63) is 70.9 Å². The number of nitrogens with zero attached hydrogens (tertiary/aromatic N) is 2. The molecule has 134 valence electrons. The van der Waals surface area contributed by atoms with Crippen LogP contribution in [0.2, 0.25) is 0 Å². The molecule has 0 saturated heterocycles. The molecule has 0 aliphatic carbocycles. The van der Waals surface area contributed by atoms with E-state index in [4.69, 9.17) is 10.00 Å². The molecule has 1 N–H and O–H groups in total. The Bertz CT molecular complexity index is 1010. The van der Waals surface area contributed by atoms with E-state index in [-0.39, 0.29) is 11.4 Å². The van der Waals surface area contributed by atoms with Crippen molar-refractivity contribution in [1.82, 2.24) is 4.98 Å². The number of hydrogen-bond donors (Lipinski definition) is 1. The quantitative estimate of drug-likeness (QED) is 0.682. The van der Waals surface area contributed by atoms with Crippen LogP contribution in [0.3, 0.4) is 0 Å². The molecule has 3 rings (SSSR count). The zero-order chi connectivity index (χ0) is 19.2. The van der Waals surface area contributed by atoms with Gasteiger partial charge in [-0.25, -0.2) is 14.2 Å². The predicted molar refractivity (Wildman–Crippen MR) is 97.6 cm³/mol.